The van der Waals surface area contributed by atoms with E-state index in [9.17, 15) is 9.59 Å². The fourth-order valence-electron chi connectivity index (χ4n) is 4.57. The van der Waals surface area contributed by atoms with Crippen molar-refractivity contribution in [3.63, 3.8) is 0 Å². The standard InChI is InChI=1S/C21H32FN4O4P.CH4O/c1-12(2)26(13(3)4)31(29-9-7-8-23)30-18-16(22)17(15-10-21(15,18)6)25-11-14(5)19(27)24-20(25)28;1-2/h11-13,15-18H,7,9-10H2,1-6H3,(H,24,27,28);2H,1H3/t15-,16-,17-,18+,21-,31?;/m1./s1/i6D;2T. The van der Waals surface area contributed by atoms with E-state index in [1.54, 1.807) is 6.92 Å². The first-order chi connectivity index (χ1) is 16.5. The number of H-pyrrole nitrogens is 1. The minimum Gasteiger partial charge on any atom is -0.400 e. The Hall–Kier alpha value is -1.63. The Balaban J connectivity index is 0.00000137. The molecular weight excluding hydrogens is 450 g/mol. The molecule has 2 aliphatic carbocycles. The summed E-state index contributed by atoms with van der Waals surface area (Å²) in [5.74, 6) is -0.231. The first kappa shape index (κ1) is 24.5. The van der Waals surface area contributed by atoms with Crippen molar-refractivity contribution >= 4 is 8.53 Å². The van der Waals surface area contributed by atoms with E-state index in [0.717, 1.165) is 0 Å². The molecule has 1 aromatic rings. The van der Waals surface area contributed by atoms with Crippen LogP contribution in [0.25, 0.3) is 0 Å². The second-order valence-electron chi connectivity index (χ2n) is 9.03. The number of alkyl halides is 1. The van der Waals surface area contributed by atoms with Gasteiger partial charge in [-0.1, -0.05) is 6.90 Å². The predicted octanol–water partition coefficient (Wildman–Crippen LogP) is 3.03. The summed E-state index contributed by atoms with van der Waals surface area (Å²) in [6, 6.07) is 1.35. The van der Waals surface area contributed by atoms with Crippen LogP contribution in [0.1, 0.15) is 60.4 Å². The van der Waals surface area contributed by atoms with Gasteiger partial charge in [-0.2, -0.15) is 5.26 Å². The third kappa shape index (κ3) is 5.55. The number of aliphatic hydroxyl groups excluding tert-OH is 1. The second kappa shape index (κ2) is 11.2. The van der Waals surface area contributed by atoms with Crippen molar-refractivity contribution < 1.29 is 19.9 Å². The highest BCUT2D eigenvalue weighted by atomic mass is 31.2. The first-order valence-electron chi connectivity index (χ1n) is 12.1. The summed E-state index contributed by atoms with van der Waals surface area (Å²) in [6.07, 6.45) is -0.289. The van der Waals surface area contributed by atoms with Crippen LogP contribution >= 0.6 is 8.53 Å². The molecular formula is C22H36FN4O5P. The smallest absolute Gasteiger partial charge is 0.328 e. The summed E-state index contributed by atoms with van der Waals surface area (Å²) in [7, 11) is -0.391. The number of nitrogens with zero attached hydrogens (tertiary/aromatic N) is 3. The Labute approximate surface area is 198 Å². The highest BCUT2D eigenvalue weighted by Crippen LogP contribution is 2.70. The van der Waals surface area contributed by atoms with Crippen LogP contribution in [-0.2, 0) is 9.05 Å². The maximum Gasteiger partial charge on any atom is 0.328 e. The SMILES string of the molecule is [2H]C[C@@]12C[C@@H]1[C@@H](n1cc(C)c(=O)[nH]c1=O)[C@@H](F)[C@@H]2OP(OCCC#N)N(C(C)C)C(C)C.[3H]OC. The van der Waals surface area contributed by atoms with E-state index >= 15 is 4.39 Å². The van der Waals surface area contributed by atoms with Gasteiger partial charge in [0.1, 0.15) is 12.3 Å². The molecule has 1 aromatic heterocycles. The van der Waals surface area contributed by atoms with E-state index < -0.39 is 43.5 Å². The molecule has 0 bridgehead atoms. The van der Waals surface area contributed by atoms with Gasteiger partial charge in [-0.15, -0.1) is 0 Å². The van der Waals surface area contributed by atoms with Crippen LogP contribution in [0.5, 0.6) is 0 Å². The van der Waals surface area contributed by atoms with Gasteiger partial charge >= 0.3 is 5.69 Å². The lowest BCUT2D eigenvalue weighted by Crippen LogP contribution is -2.40. The maximum atomic E-state index is 15.9. The molecule has 0 aromatic carbocycles. The van der Waals surface area contributed by atoms with Crippen LogP contribution in [-0.4, -0.2) is 58.8 Å². The number of aryl methyl sites for hydroxylation is 1. The van der Waals surface area contributed by atoms with Crippen LogP contribution in [0, 0.1) is 29.6 Å². The second-order valence-corrected chi connectivity index (χ2v) is 10.4. The number of nitriles is 1. The van der Waals surface area contributed by atoms with Gasteiger partial charge in [-0.25, -0.2) is 13.9 Å². The number of halogens is 1. The number of hydrogen-bond acceptors (Lipinski definition) is 7. The molecule has 2 aliphatic rings. The molecule has 9 nitrogen and oxygen atoms in total. The number of rotatable bonds is 9. The molecule has 186 valence electrons. The molecule has 1 heterocycles. The monoisotopic (exact) mass is 489 g/mol. The van der Waals surface area contributed by atoms with Crippen LogP contribution in [0.2, 0.25) is 0 Å². The molecule has 0 aliphatic heterocycles. The minimum absolute atomic E-state index is 0.0267. The van der Waals surface area contributed by atoms with Gasteiger partial charge in [0.2, 0.25) is 1.43 Å². The topological polar surface area (TPSA) is 121 Å². The summed E-state index contributed by atoms with van der Waals surface area (Å²) in [6.45, 7) is 9.71. The fourth-order valence-corrected chi connectivity index (χ4v) is 6.39. The molecule has 33 heavy (non-hydrogen) atoms. The lowest BCUT2D eigenvalue weighted by Gasteiger charge is -2.38. The van der Waals surface area contributed by atoms with Crippen LogP contribution in [0.3, 0.4) is 0 Å². The Bertz CT molecular complexity index is 995. The molecule has 11 heteroatoms. The Morgan fingerprint density at radius 1 is 1.52 bits per heavy atom. The van der Waals surface area contributed by atoms with Gasteiger partial charge in [-0.05, 0) is 47.0 Å². The quantitative estimate of drug-likeness (QED) is 0.404. The summed E-state index contributed by atoms with van der Waals surface area (Å²) >= 11 is 0. The highest BCUT2D eigenvalue weighted by Gasteiger charge is 2.71. The molecule has 6 atom stereocenters. The van der Waals surface area contributed by atoms with E-state index in [4.69, 9.17) is 17.1 Å². The molecule has 0 saturated heterocycles. The molecule has 0 amide bonds. The fraction of sp³-hybridized carbons (Fsp3) is 0.773. The van der Waals surface area contributed by atoms with Crippen LogP contribution < -0.4 is 11.2 Å². The molecule has 2 N–H and O–H groups in total. The predicted molar refractivity (Wildman–Crippen MR) is 124 cm³/mol. The van der Waals surface area contributed by atoms with Gasteiger partial charge < -0.3 is 14.2 Å². The zero-order valence-electron chi connectivity index (χ0n) is 22.1. The number of aliphatic hydroxyl groups is 1. The third-order valence-corrected chi connectivity index (χ3v) is 8.22. The minimum atomic E-state index is -1.68. The molecule has 0 radical (unpaired) electrons. The van der Waals surface area contributed by atoms with E-state index in [1.165, 1.54) is 17.9 Å². The molecule has 3 rings (SSSR count). The van der Waals surface area contributed by atoms with Gasteiger partial charge in [-0.3, -0.25) is 14.3 Å². The van der Waals surface area contributed by atoms with Gasteiger partial charge in [0.25, 0.3) is 14.1 Å². The number of fused-ring (bicyclic) bond motifs is 1. The first-order valence-corrected chi connectivity index (χ1v) is 12.1. The van der Waals surface area contributed by atoms with E-state index in [1.807, 2.05) is 38.4 Å². The van der Waals surface area contributed by atoms with Gasteiger partial charge in [0.15, 0.2) is 0 Å². The zero-order chi connectivity index (χ0) is 26.5. The van der Waals surface area contributed by atoms with E-state index in [2.05, 4.69) is 10.1 Å². The largest absolute Gasteiger partial charge is 0.400 e. The van der Waals surface area contributed by atoms with Crippen molar-refractivity contribution in [1.29, 1.82) is 6.69 Å². The zero-order valence-corrected chi connectivity index (χ0v) is 21.0. The van der Waals surface area contributed by atoms with Gasteiger partial charge in [0, 0.05) is 37.7 Å². The van der Waals surface area contributed by atoms with Crippen molar-refractivity contribution in [1.82, 2.24) is 14.2 Å². The van der Waals surface area contributed by atoms with Gasteiger partial charge in [0.05, 0.1) is 25.1 Å². The molecule has 2 saturated carbocycles. The van der Waals surface area contributed by atoms with Crippen molar-refractivity contribution in [2.75, 3.05) is 13.7 Å². The van der Waals surface area contributed by atoms with Crippen molar-refractivity contribution in [2.24, 2.45) is 11.3 Å². The summed E-state index contributed by atoms with van der Waals surface area (Å²) < 4.78 is 45.3. The van der Waals surface area contributed by atoms with Crippen molar-refractivity contribution in [3.05, 3.63) is 32.6 Å². The molecule has 0 spiro atoms. The number of hydrogen-bond donors (Lipinski definition) is 2. The number of nitrogens with one attached hydrogen (secondary N) is 1. The lowest BCUT2D eigenvalue weighted by molar-refractivity contribution is 0.0371. The van der Waals surface area contributed by atoms with E-state index in [-0.39, 0.29) is 37.9 Å². The molecule has 2 fully saturated rings. The maximum absolute atomic E-state index is 15.9. The molecule has 1 unspecified atom stereocenters. The average molecular weight is 490 g/mol. The highest BCUT2D eigenvalue weighted by molar-refractivity contribution is 7.44. The Morgan fingerprint density at radius 3 is 2.70 bits per heavy atom. The average Bonchev–Trinajstić information content (AvgIpc) is 3.45. The summed E-state index contributed by atoms with van der Waals surface area (Å²) in [5.41, 5.74) is -1.52. The Morgan fingerprint density at radius 2 is 2.15 bits per heavy atom. The summed E-state index contributed by atoms with van der Waals surface area (Å²) in [5, 5.41) is 12.4. The number of aromatic nitrogens is 2. The van der Waals surface area contributed by atoms with E-state index in [0.29, 0.717) is 12.0 Å². The van der Waals surface area contributed by atoms with Crippen molar-refractivity contribution in [3.8, 4) is 6.07 Å². The van der Waals surface area contributed by atoms with Crippen LogP contribution in [0.4, 0.5) is 4.39 Å². The number of aromatic amines is 1. The lowest BCUT2D eigenvalue weighted by atomic mass is 10.0. The third-order valence-electron chi connectivity index (χ3n) is 6.11. The van der Waals surface area contributed by atoms with Crippen molar-refractivity contribution in [2.45, 2.75) is 84.8 Å². The normalized spacial score (nSPS) is 29.7. The van der Waals surface area contributed by atoms with Crippen LogP contribution in [0.15, 0.2) is 15.8 Å². The Kier molecular flexibility index (Phi) is 8.31. The summed E-state index contributed by atoms with van der Waals surface area (Å²) in [4.78, 5) is 26.5.